The molecule has 0 aliphatic carbocycles. The number of hydrogen-bond acceptors (Lipinski definition) is 9. The van der Waals surface area contributed by atoms with Gasteiger partial charge in [-0.25, -0.2) is 23.1 Å². The predicted octanol–water partition coefficient (Wildman–Crippen LogP) is 2.69. The highest BCUT2D eigenvalue weighted by Crippen LogP contribution is 2.26. The number of amides is 1. The smallest absolute Gasteiger partial charge is 0.271 e. The van der Waals surface area contributed by atoms with Gasteiger partial charge in [0.25, 0.3) is 5.91 Å². The van der Waals surface area contributed by atoms with Gasteiger partial charge in [0.1, 0.15) is 5.75 Å². The van der Waals surface area contributed by atoms with Crippen molar-refractivity contribution in [3.05, 3.63) is 47.6 Å². The molecule has 2 aromatic rings. The fourth-order valence-electron chi connectivity index (χ4n) is 3.62. The lowest BCUT2D eigenvalue weighted by molar-refractivity contribution is 0.0903. The van der Waals surface area contributed by atoms with Gasteiger partial charge >= 0.3 is 0 Å². The zero-order valence-corrected chi connectivity index (χ0v) is 21.3. The normalized spacial score (nSPS) is 14.2. The minimum Gasteiger partial charge on any atom is -0.494 e. The lowest BCUT2D eigenvalue weighted by atomic mass is 10.1. The van der Waals surface area contributed by atoms with Gasteiger partial charge in [0.05, 0.1) is 12.3 Å². The molecular weight excluding hydrogens is 484 g/mol. The molecule has 1 aromatic heterocycles. The number of nitrogens with one attached hydrogen (secondary N) is 3. The Morgan fingerprint density at radius 2 is 2.03 bits per heavy atom. The van der Waals surface area contributed by atoms with Crippen LogP contribution in [0.4, 0.5) is 17.3 Å². The Labute approximate surface area is 211 Å². The van der Waals surface area contributed by atoms with Crippen molar-refractivity contribution in [2.45, 2.75) is 45.1 Å². The predicted molar refractivity (Wildman–Crippen MR) is 139 cm³/mol. The number of primary amides is 1. The van der Waals surface area contributed by atoms with E-state index in [1.165, 1.54) is 0 Å². The quantitative estimate of drug-likeness (QED) is 0.276. The zero-order valence-electron chi connectivity index (χ0n) is 20.5. The van der Waals surface area contributed by atoms with Crippen molar-refractivity contribution in [1.29, 1.82) is 0 Å². The first-order valence-electron chi connectivity index (χ1n) is 12.0. The van der Waals surface area contributed by atoms with Gasteiger partial charge in [0, 0.05) is 43.0 Å². The number of nitrogens with zero attached hydrogens (tertiary/aromatic N) is 2. The van der Waals surface area contributed by atoms with Crippen molar-refractivity contribution in [3.8, 4) is 5.75 Å². The van der Waals surface area contributed by atoms with E-state index >= 15 is 0 Å². The highest BCUT2D eigenvalue weighted by Gasteiger charge is 2.20. The summed E-state index contributed by atoms with van der Waals surface area (Å²) in [5.74, 6) is 0.833. The van der Waals surface area contributed by atoms with Gasteiger partial charge in [-0.15, -0.1) is 0 Å². The second kappa shape index (κ2) is 13.2. The molecule has 0 bridgehead atoms. The van der Waals surface area contributed by atoms with Gasteiger partial charge in [-0.3, -0.25) is 4.79 Å². The number of unbranched alkanes of at least 4 members (excludes halogenated alkanes) is 1. The SMILES string of the molecule is C=CS(=O)(=O)NCCCCOc1cccc(Nc2nc(NC3CCOCC3)c(CC)nc2C(N)=O)c1. The Morgan fingerprint density at radius 1 is 1.25 bits per heavy atom. The molecule has 0 atom stereocenters. The number of rotatable bonds is 14. The summed E-state index contributed by atoms with van der Waals surface area (Å²) in [6.07, 6.45) is 3.61. The molecule has 2 heterocycles. The minimum absolute atomic E-state index is 0.0673. The van der Waals surface area contributed by atoms with E-state index in [1.54, 1.807) is 6.07 Å². The molecule has 12 heteroatoms. The van der Waals surface area contributed by atoms with Crippen molar-refractivity contribution < 1.29 is 22.7 Å². The molecule has 1 saturated heterocycles. The van der Waals surface area contributed by atoms with Crippen molar-refractivity contribution in [2.75, 3.05) is 37.0 Å². The van der Waals surface area contributed by atoms with Crippen LogP contribution in [0.15, 0.2) is 36.3 Å². The van der Waals surface area contributed by atoms with E-state index in [1.807, 2.05) is 25.1 Å². The number of aryl methyl sites for hydroxylation is 1. The van der Waals surface area contributed by atoms with Crippen LogP contribution in [0.5, 0.6) is 5.75 Å². The molecule has 5 N–H and O–H groups in total. The Morgan fingerprint density at radius 3 is 2.72 bits per heavy atom. The van der Waals surface area contributed by atoms with Crippen LogP contribution in [-0.2, 0) is 21.2 Å². The van der Waals surface area contributed by atoms with Gasteiger partial charge in [-0.2, -0.15) is 0 Å². The number of aromatic nitrogens is 2. The molecule has 0 spiro atoms. The minimum atomic E-state index is -3.41. The fourth-order valence-corrected chi connectivity index (χ4v) is 4.16. The van der Waals surface area contributed by atoms with Crippen LogP contribution in [0.25, 0.3) is 0 Å². The number of anilines is 3. The average Bonchev–Trinajstić information content (AvgIpc) is 2.87. The number of carbonyl (C=O) groups is 1. The number of ether oxygens (including phenoxy) is 2. The zero-order chi connectivity index (χ0) is 26.0. The number of hydrogen-bond donors (Lipinski definition) is 4. The van der Waals surface area contributed by atoms with Gasteiger partial charge in [0.15, 0.2) is 17.3 Å². The third-order valence-electron chi connectivity index (χ3n) is 5.56. The summed E-state index contributed by atoms with van der Waals surface area (Å²) in [6, 6.07) is 7.45. The topological polar surface area (TPSA) is 158 Å². The first-order valence-corrected chi connectivity index (χ1v) is 13.5. The first kappa shape index (κ1) is 27.4. The van der Waals surface area contributed by atoms with Crippen molar-refractivity contribution in [1.82, 2.24) is 14.7 Å². The Balaban J connectivity index is 1.66. The molecular formula is C24H34N6O5S. The molecule has 0 unspecified atom stereocenters. The summed E-state index contributed by atoms with van der Waals surface area (Å²) < 4.78 is 36.3. The summed E-state index contributed by atoms with van der Waals surface area (Å²) in [5, 5.41) is 7.48. The van der Waals surface area contributed by atoms with E-state index in [4.69, 9.17) is 15.2 Å². The number of carbonyl (C=O) groups excluding carboxylic acids is 1. The van der Waals surface area contributed by atoms with E-state index < -0.39 is 15.9 Å². The average molecular weight is 519 g/mol. The molecule has 1 fully saturated rings. The van der Waals surface area contributed by atoms with Gasteiger partial charge in [-0.05, 0) is 44.2 Å². The fraction of sp³-hybridized carbons (Fsp3) is 0.458. The van der Waals surface area contributed by atoms with Crippen LogP contribution in [0, 0.1) is 0 Å². The van der Waals surface area contributed by atoms with E-state index in [2.05, 4.69) is 31.9 Å². The van der Waals surface area contributed by atoms with Gasteiger partial charge in [0.2, 0.25) is 10.0 Å². The lowest BCUT2D eigenvalue weighted by Gasteiger charge is -2.25. The highest BCUT2D eigenvalue weighted by atomic mass is 32.2. The second-order valence-corrected chi connectivity index (χ2v) is 9.99. The molecule has 1 aliphatic heterocycles. The summed E-state index contributed by atoms with van der Waals surface area (Å²) in [6.45, 7) is 7.31. The third kappa shape index (κ3) is 8.18. The van der Waals surface area contributed by atoms with Gasteiger partial charge in [-0.1, -0.05) is 19.6 Å². The van der Waals surface area contributed by atoms with Crippen molar-refractivity contribution in [2.24, 2.45) is 5.73 Å². The third-order valence-corrected chi connectivity index (χ3v) is 6.60. The van der Waals surface area contributed by atoms with Crippen LogP contribution < -0.4 is 25.8 Å². The highest BCUT2D eigenvalue weighted by molar-refractivity contribution is 7.92. The molecule has 1 aliphatic rings. The number of benzene rings is 1. The molecule has 0 radical (unpaired) electrons. The van der Waals surface area contributed by atoms with Crippen molar-refractivity contribution >= 4 is 33.3 Å². The molecule has 3 rings (SSSR count). The summed E-state index contributed by atoms with van der Waals surface area (Å²) >= 11 is 0. The van der Waals surface area contributed by atoms with Crippen molar-refractivity contribution in [3.63, 3.8) is 0 Å². The van der Waals surface area contributed by atoms with Crippen LogP contribution in [0.3, 0.4) is 0 Å². The standard InChI is InChI=1S/C24H34N6O5S/c1-3-20-23(27-17-10-14-34-15-11-17)30-24(21(29-20)22(25)31)28-18-8-7-9-19(16-18)35-13-6-5-12-26-36(32,33)4-2/h4,7-9,16-17,26H,2-3,5-6,10-15H2,1H3,(H2,25,31)(H2,27,28,30). The lowest BCUT2D eigenvalue weighted by Crippen LogP contribution is -2.29. The van der Waals surface area contributed by atoms with Crippen LogP contribution in [0.2, 0.25) is 0 Å². The van der Waals surface area contributed by atoms with Crippen LogP contribution in [-0.4, -0.2) is 56.7 Å². The molecule has 1 aromatic carbocycles. The number of sulfonamides is 1. The summed E-state index contributed by atoms with van der Waals surface area (Å²) in [7, 11) is -3.41. The van der Waals surface area contributed by atoms with Crippen LogP contribution >= 0.6 is 0 Å². The largest absolute Gasteiger partial charge is 0.494 e. The Hall–Kier alpha value is -3.22. The maximum absolute atomic E-state index is 12.1. The van der Waals surface area contributed by atoms with Gasteiger partial charge < -0.3 is 25.8 Å². The molecule has 196 valence electrons. The monoisotopic (exact) mass is 518 g/mol. The van der Waals surface area contributed by atoms with E-state index in [0.29, 0.717) is 68.6 Å². The van der Waals surface area contributed by atoms with E-state index in [0.717, 1.165) is 18.2 Å². The first-order chi connectivity index (χ1) is 17.3. The Bertz CT molecular complexity index is 1150. The maximum atomic E-state index is 12.1. The summed E-state index contributed by atoms with van der Waals surface area (Å²) in [5.41, 5.74) is 7.00. The summed E-state index contributed by atoms with van der Waals surface area (Å²) in [4.78, 5) is 21.3. The molecule has 36 heavy (non-hydrogen) atoms. The number of nitrogens with two attached hydrogens (primary N) is 1. The Kier molecular flexibility index (Phi) is 10.0. The van der Waals surface area contributed by atoms with E-state index in [-0.39, 0.29) is 17.6 Å². The van der Waals surface area contributed by atoms with E-state index in [9.17, 15) is 13.2 Å². The molecule has 11 nitrogen and oxygen atoms in total. The van der Waals surface area contributed by atoms with Crippen LogP contribution in [0.1, 0.15) is 48.8 Å². The maximum Gasteiger partial charge on any atom is 0.271 e. The second-order valence-electron chi connectivity index (χ2n) is 8.28. The molecule has 0 saturated carbocycles. The molecule has 1 amide bonds.